The van der Waals surface area contributed by atoms with Crippen LogP contribution in [0, 0.1) is 5.92 Å². The van der Waals surface area contributed by atoms with Crippen molar-refractivity contribution in [3.63, 3.8) is 0 Å². The molecule has 9 nitrogen and oxygen atoms in total. The third-order valence-electron chi connectivity index (χ3n) is 5.39. The van der Waals surface area contributed by atoms with Gasteiger partial charge in [-0.1, -0.05) is 0 Å². The summed E-state index contributed by atoms with van der Waals surface area (Å²) in [5, 5.41) is 11.9. The first kappa shape index (κ1) is 24.5. The van der Waals surface area contributed by atoms with Crippen LogP contribution in [-0.4, -0.2) is 56.5 Å². The second kappa shape index (κ2) is 11.2. The van der Waals surface area contributed by atoms with Crippen molar-refractivity contribution in [2.45, 2.75) is 30.6 Å². The van der Waals surface area contributed by atoms with Crippen molar-refractivity contribution >= 4 is 27.6 Å². The number of amides is 1. The van der Waals surface area contributed by atoms with Crippen molar-refractivity contribution < 1.29 is 32.6 Å². The first-order valence-electron chi connectivity index (χ1n) is 10.7. The number of hydrogen-bond donors (Lipinski definition) is 2. The third-order valence-corrected chi connectivity index (χ3v) is 7.26. The van der Waals surface area contributed by atoms with E-state index < -0.39 is 21.9 Å². The normalized spacial score (nSPS) is 16.7. The van der Waals surface area contributed by atoms with Gasteiger partial charge in [-0.05, 0) is 67.8 Å². The Morgan fingerprint density at radius 1 is 1.09 bits per heavy atom. The number of hydrogen-bond acceptors (Lipinski definition) is 6. The van der Waals surface area contributed by atoms with Crippen LogP contribution in [0.2, 0.25) is 0 Å². The van der Waals surface area contributed by atoms with E-state index in [2.05, 4.69) is 5.32 Å². The quantitative estimate of drug-likeness (QED) is 0.506. The van der Waals surface area contributed by atoms with Crippen LogP contribution in [0.4, 0.5) is 5.69 Å². The summed E-state index contributed by atoms with van der Waals surface area (Å²) in [6.07, 6.45) is 1.74. The molecule has 178 valence electrons. The number of rotatable bonds is 10. The summed E-state index contributed by atoms with van der Waals surface area (Å²) >= 11 is 0. The summed E-state index contributed by atoms with van der Waals surface area (Å²) in [6.45, 7) is 0.641. The predicted octanol–water partition coefficient (Wildman–Crippen LogP) is 2.98. The van der Waals surface area contributed by atoms with Crippen LogP contribution in [0.1, 0.15) is 25.7 Å². The van der Waals surface area contributed by atoms with Crippen LogP contribution in [0.25, 0.3) is 0 Å². The van der Waals surface area contributed by atoms with Gasteiger partial charge < -0.3 is 19.9 Å². The largest absolute Gasteiger partial charge is 0.497 e. The molecule has 0 aliphatic carbocycles. The molecular formula is C23H28N2O7S. The molecule has 1 atom stereocenters. The molecule has 1 saturated heterocycles. The van der Waals surface area contributed by atoms with Gasteiger partial charge in [-0.2, -0.15) is 4.31 Å². The van der Waals surface area contributed by atoms with Gasteiger partial charge in [0.15, 0.2) is 0 Å². The molecule has 0 saturated carbocycles. The SMILES string of the molecule is COc1ccc(OCCCC(=O)Nc2ccc(S(=O)(=O)N3CCCC(C(=O)O)C3)cc2)cc1. The Labute approximate surface area is 193 Å². The maximum Gasteiger partial charge on any atom is 0.307 e. The molecule has 0 aromatic heterocycles. The number of anilines is 1. The number of carbonyl (C=O) groups excluding carboxylic acids is 1. The highest BCUT2D eigenvalue weighted by Gasteiger charge is 2.33. The van der Waals surface area contributed by atoms with Crippen molar-refractivity contribution in [3.8, 4) is 11.5 Å². The van der Waals surface area contributed by atoms with E-state index in [9.17, 15) is 23.1 Å². The topological polar surface area (TPSA) is 122 Å². The number of carboxylic acid groups (broad SMARTS) is 1. The summed E-state index contributed by atoms with van der Waals surface area (Å²) in [5.41, 5.74) is 0.483. The fourth-order valence-corrected chi connectivity index (χ4v) is 5.06. The number of carbonyl (C=O) groups is 2. The molecule has 2 aromatic rings. The molecule has 1 heterocycles. The monoisotopic (exact) mass is 476 g/mol. The standard InChI is InChI=1S/C23H28N2O7S/c1-31-19-8-10-20(11-9-19)32-15-3-5-22(26)24-18-6-12-21(13-7-18)33(29,30)25-14-2-4-17(16-25)23(27)28/h6-13,17H,2-5,14-16H2,1H3,(H,24,26)(H,27,28). The molecule has 1 amide bonds. The lowest BCUT2D eigenvalue weighted by molar-refractivity contribution is -0.142. The lowest BCUT2D eigenvalue weighted by Gasteiger charge is -2.29. The Hall–Kier alpha value is -3.11. The molecule has 1 aliphatic heterocycles. The number of nitrogens with zero attached hydrogens (tertiary/aromatic N) is 1. The van der Waals surface area contributed by atoms with E-state index in [4.69, 9.17) is 9.47 Å². The molecule has 33 heavy (non-hydrogen) atoms. The van der Waals surface area contributed by atoms with Crippen LogP contribution in [0.3, 0.4) is 0 Å². The van der Waals surface area contributed by atoms with Gasteiger partial charge in [0.1, 0.15) is 11.5 Å². The van der Waals surface area contributed by atoms with Crippen molar-refractivity contribution in [2.24, 2.45) is 5.92 Å². The van der Waals surface area contributed by atoms with Crippen LogP contribution >= 0.6 is 0 Å². The summed E-state index contributed by atoms with van der Waals surface area (Å²) in [6, 6.07) is 13.1. The van der Waals surface area contributed by atoms with Crippen molar-refractivity contribution in [1.82, 2.24) is 4.31 Å². The number of piperidine rings is 1. The highest BCUT2D eigenvalue weighted by Crippen LogP contribution is 2.25. The number of benzene rings is 2. The van der Waals surface area contributed by atoms with Crippen molar-refractivity contribution in [2.75, 3.05) is 32.1 Å². The molecule has 2 aromatic carbocycles. The van der Waals surface area contributed by atoms with Gasteiger partial charge >= 0.3 is 5.97 Å². The van der Waals surface area contributed by atoms with Gasteiger partial charge in [0, 0.05) is 25.2 Å². The minimum absolute atomic E-state index is 0.0330. The minimum Gasteiger partial charge on any atom is -0.497 e. The zero-order chi connectivity index (χ0) is 23.8. The first-order valence-corrected chi connectivity index (χ1v) is 12.1. The number of methoxy groups -OCH3 is 1. The Kier molecular flexibility index (Phi) is 8.29. The van der Waals surface area contributed by atoms with Gasteiger partial charge in [0.25, 0.3) is 0 Å². The second-order valence-electron chi connectivity index (χ2n) is 7.74. The number of carboxylic acids is 1. The molecule has 0 bridgehead atoms. The van der Waals surface area contributed by atoms with E-state index in [0.29, 0.717) is 43.9 Å². The van der Waals surface area contributed by atoms with Gasteiger partial charge in [-0.3, -0.25) is 9.59 Å². The Morgan fingerprint density at radius 3 is 2.39 bits per heavy atom. The smallest absolute Gasteiger partial charge is 0.307 e. The average Bonchev–Trinajstić information content (AvgIpc) is 2.82. The van der Waals surface area contributed by atoms with E-state index in [1.807, 2.05) is 0 Å². The number of sulfonamides is 1. The number of ether oxygens (including phenoxy) is 2. The highest BCUT2D eigenvalue weighted by atomic mass is 32.2. The second-order valence-corrected chi connectivity index (χ2v) is 9.68. The molecular weight excluding hydrogens is 448 g/mol. The molecule has 1 aliphatic rings. The Morgan fingerprint density at radius 2 is 1.76 bits per heavy atom. The summed E-state index contributed by atoms with van der Waals surface area (Å²) in [4.78, 5) is 23.5. The lowest BCUT2D eigenvalue weighted by Crippen LogP contribution is -2.42. The summed E-state index contributed by atoms with van der Waals surface area (Å²) in [7, 11) is -2.20. The molecule has 1 unspecified atom stereocenters. The van der Waals surface area contributed by atoms with Crippen LogP contribution in [0.15, 0.2) is 53.4 Å². The Balaban J connectivity index is 1.47. The van der Waals surface area contributed by atoms with Crippen LogP contribution < -0.4 is 14.8 Å². The first-order chi connectivity index (χ1) is 15.8. The molecule has 0 spiro atoms. The van der Waals surface area contributed by atoms with Gasteiger partial charge in [0.2, 0.25) is 15.9 Å². The van der Waals surface area contributed by atoms with E-state index in [0.717, 1.165) is 5.75 Å². The van der Waals surface area contributed by atoms with E-state index in [1.54, 1.807) is 31.4 Å². The summed E-state index contributed by atoms with van der Waals surface area (Å²) in [5.74, 6) is -0.454. The predicted molar refractivity (Wildman–Crippen MR) is 122 cm³/mol. The molecule has 1 fully saturated rings. The van der Waals surface area contributed by atoms with E-state index in [1.165, 1.54) is 28.6 Å². The fourth-order valence-electron chi connectivity index (χ4n) is 3.54. The molecule has 0 radical (unpaired) electrons. The third kappa shape index (κ3) is 6.69. The average molecular weight is 477 g/mol. The number of aliphatic carboxylic acids is 1. The zero-order valence-electron chi connectivity index (χ0n) is 18.4. The van der Waals surface area contributed by atoms with Crippen LogP contribution in [-0.2, 0) is 19.6 Å². The van der Waals surface area contributed by atoms with Crippen LogP contribution in [0.5, 0.6) is 11.5 Å². The Bertz CT molecular complexity index is 1050. The van der Waals surface area contributed by atoms with Gasteiger partial charge in [-0.15, -0.1) is 0 Å². The maximum absolute atomic E-state index is 12.8. The molecule has 2 N–H and O–H groups in total. The highest BCUT2D eigenvalue weighted by molar-refractivity contribution is 7.89. The minimum atomic E-state index is -3.79. The molecule has 3 rings (SSSR count). The fraction of sp³-hybridized carbons (Fsp3) is 0.391. The van der Waals surface area contributed by atoms with E-state index in [-0.39, 0.29) is 23.8 Å². The van der Waals surface area contributed by atoms with E-state index >= 15 is 0 Å². The van der Waals surface area contributed by atoms with Gasteiger partial charge in [0.05, 0.1) is 24.5 Å². The maximum atomic E-state index is 12.8. The van der Waals surface area contributed by atoms with Gasteiger partial charge in [-0.25, -0.2) is 8.42 Å². The zero-order valence-corrected chi connectivity index (χ0v) is 19.2. The lowest BCUT2D eigenvalue weighted by atomic mass is 10.0. The number of nitrogens with one attached hydrogen (secondary N) is 1. The van der Waals surface area contributed by atoms with Crippen molar-refractivity contribution in [1.29, 1.82) is 0 Å². The van der Waals surface area contributed by atoms with Crippen molar-refractivity contribution in [3.05, 3.63) is 48.5 Å². The molecule has 10 heteroatoms. The summed E-state index contributed by atoms with van der Waals surface area (Å²) < 4.78 is 37.6.